The Balaban J connectivity index is 2.18. The highest BCUT2D eigenvalue weighted by Crippen LogP contribution is 2.29. The van der Waals surface area contributed by atoms with E-state index in [2.05, 4.69) is 39.0 Å². The fraction of sp³-hybridized carbons (Fsp3) is 0.714. The van der Waals surface area contributed by atoms with Crippen LogP contribution in [-0.2, 0) is 0 Å². The Kier molecular flexibility index (Phi) is 5.00. The van der Waals surface area contributed by atoms with Gasteiger partial charge in [0, 0.05) is 0 Å². The molecule has 0 bridgehead atoms. The molecule has 0 nitrogen and oxygen atoms in total. The van der Waals surface area contributed by atoms with Gasteiger partial charge in [0.15, 0.2) is 0 Å². The Hall–Kier alpha value is -0.520. The normalized spacial score (nSPS) is 25.7. The summed E-state index contributed by atoms with van der Waals surface area (Å²) in [6.07, 6.45) is 13.5. The van der Waals surface area contributed by atoms with Gasteiger partial charge in [0.05, 0.1) is 0 Å². The van der Waals surface area contributed by atoms with Crippen LogP contribution in [0.1, 0.15) is 52.9 Å². The van der Waals surface area contributed by atoms with Gasteiger partial charge in [-0.05, 0) is 43.9 Å². The molecule has 1 aliphatic carbocycles. The summed E-state index contributed by atoms with van der Waals surface area (Å²) < 4.78 is 0. The molecule has 14 heavy (non-hydrogen) atoms. The summed E-state index contributed by atoms with van der Waals surface area (Å²) in [4.78, 5) is 0. The van der Waals surface area contributed by atoms with Gasteiger partial charge < -0.3 is 0 Å². The van der Waals surface area contributed by atoms with Crippen molar-refractivity contribution in [3.8, 4) is 0 Å². The van der Waals surface area contributed by atoms with Crippen molar-refractivity contribution >= 4 is 0 Å². The molecule has 0 aliphatic heterocycles. The van der Waals surface area contributed by atoms with Crippen LogP contribution in [0.25, 0.3) is 0 Å². The summed E-state index contributed by atoms with van der Waals surface area (Å²) in [6.45, 7) is 6.92. The number of hydrogen-bond acceptors (Lipinski definition) is 0. The smallest absolute Gasteiger partial charge is 0.0291 e. The first kappa shape index (κ1) is 11.6. The van der Waals surface area contributed by atoms with Crippen LogP contribution in [0.5, 0.6) is 0 Å². The lowest BCUT2D eigenvalue weighted by molar-refractivity contribution is 0.594. The topological polar surface area (TPSA) is 0 Å². The summed E-state index contributed by atoms with van der Waals surface area (Å²) in [5.41, 5.74) is 1.65. The maximum absolute atomic E-state index is 2.35. The maximum atomic E-state index is 2.35. The van der Waals surface area contributed by atoms with Crippen LogP contribution in [0, 0.1) is 11.8 Å². The molecule has 1 rings (SSSR count). The zero-order valence-electron chi connectivity index (χ0n) is 9.92. The first-order valence-corrected chi connectivity index (χ1v) is 6.03. The third kappa shape index (κ3) is 4.64. The molecule has 0 radical (unpaired) electrons. The molecule has 1 aliphatic rings. The molecule has 0 aromatic heterocycles. The molecular weight excluding hydrogens is 168 g/mol. The van der Waals surface area contributed by atoms with Crippen LogP contribution >= 0.6 is 0 Å². The van der Waals surface area contributed by atoms with Crippen molar-refractivity contribution in [1.29, 1.82) is 0 Å². The monoisotopic (exact) mass is 192 g/mol. The van der Waals surface area contributed by atoms with Crippen molar-refractivity contribution < 1.29 is 0 Å². The number of rotatable bonds is 4. The van der Waals surface area contributed by atoms with E-state index in [1.54, 1.807) is 5.57 Å². The summed E-state index contributed by atoms with van der Waals surface area (Å²) in [5.74, 6) is 1.75. The van der Waals surface area contributed by atoms with Crippen LogP contribution in [0.15, 0.2) is 23.8 Å². The molecule has 0 aromatic rings. The highest BCUT2D eigenvalue weighted by Gasteiger charge is 2.13. The number of allylic oxidation sites excluding steroid dienone is 4. The van der Waals surface area contributed by atoms with Crippen molar-refractivity contribution in [2.24, 2.45) is 11.8 Å². The molecule has 0 heterocycles. The fourth-order valence-corrected chi connectivity index (χ4v) is 1.96. The lowest BCUT2D eigenvalue weighted by Gasteiger charge is -1.98. The lowest BCUT2D eigenvalue weighted by atomic mass is 10.1. The average molecular weight is 192 g/mol. The van der Waals surface area contributed by atoms with Crippen LogP contribution < -0.4 is 0 Å². The zero-order valence-corrected chi connectivity index (χ0v) is 9.92. The predicted octanol–water partition coefficient (Wildman–Crippen LogP) is 4.73. The van der Waals surface area contributed by atoms with E-state index < -0.39 is 0 Å². The van der Waals surface area contributed by atoms with Crippen molar-refractivity contribution in [2.45, 2.75) is 52.9 Å². The van der Waals surface area contributed by atoms with Crippen LogP contribution in [0.2, 0.25) is 0 Å². The summed E-state index contributed by atoms with van der Waals surface area (Å²) >= 11 is 0. The number of hydrogen-bond donors (Lipinski definition) is 0. The standard InChI is InChI=1S/C14H24/c1-12(2)7-5-4-6-8-14-10-9-13(3)11-14/h4,6,8,12-13H,5,7,9-11H2,1-3H3. The minimum Gasteiger partial charge on any atom is -0.0845 e. The van der Waals surface area contributed by atoms with E-state index in [1.807, 2.05) is 0 Å². The largest absolute Gasteiger partial charge is 0.0845 e. The van der Waals surface area contributed by atoms with Crippen molar-refractivity contribution in [3.63, 3.8) is 0 Å². The average Bonchev–Trinajstić information content (AvgIpc) is 2.50. The van der Waals surface area contributed by atoms with Crippen LogP contribution in [0.3, 0.4) is 0 Å². The molecule has 0 aromatic carbocycles. The summed E-state index contributed by atoms with van der Waals surface area (Å²) in [5, 5.41) is 0. The van der Waals surface area contributed by atoms with Gasteiger partial charge in [-0.2, -0.15) is 0 Å². The fourth-order valence-electron chi connectivity index (χ4n) is 1.96. The quantitative estimate of drug-likeness (QED) is 0.604. The Morgan fingerprint density at radius 3 is 2.79 bits per heavy atom. The van der Waals surface area contributed by atoms with Crippen molar-refractivity contribution in [3.05, 3.63) is 23.8 Å². The van der Waals surface area contributed by atoms with Gasteiger partial charge in [-0.1, -0.05) is 44.6 Å². The minimum atomic E-state index is 0.832. The molecule has 0 saturated heterocycles. The Labute approximate surface area is 89.1 Å². The van der Waals surface area contributed by atoms with E-state index >= 15 is 0 Å². The Morgan fingerprint density at radius 1 is 1.43 bits per heavy atom. The highest BCUT2D eigenvalue weighted by molar-refractivity contribution is 5.15. The third-order valence-electron chi connectivity index (χ3n) is 2.95. The van der Waals surface area contributed by atoms with Crippen molar-refractivity contribution in [2.75, 3.05) is 0 Å². The molecule has 1 fully saturated rings. The molecule has 80 valence electrons. The summed E-state index contributed by atoms with van der Waals surface area (Å²) in [7, 11) is 0. The van der Waals surface area contributed by atoms with Crippen LogP contribution in [0.4, 0.5) is 0 Å². The molecule has 0 heteroatoms. The zero-order chi connectivity index (χ0) is 10.4. The first-order chi connectivity index (χ1) is 6.68. The highest BCUT2D eigenvalue weighted by atomic mass is 14.2. The van der Waals surface area contributed by atoms with E-state index in [0.717, 1.165) is 11.8 Å². The first-order valence-electron chi connectivity index (χ1n) is 6.03. The van der Waals surface area contributed by atoms with E-state index in [1.165, 1.54) is 32.1 Å². The Morgan fingerprint density at radius 2 is 2.21 bits per heavy atom. The molecule has 0 amide bonds. The van der Waals surface area contributed by atoms with Gasteiger partial charge in [-0.25, -0.2) is 0 Å². The van der Waals surface area contributed by atoms with Crippen molar-refractivity contribution in [1.82, 2.24) is 0 Å². The van der Waals surface area contributed by atoms with Gasteiger partial charge in [0.25, 0.3) is 0 Å². The Bertz CT molecular complexity index is 208. The molecule has 0 N–H and O–H groups in total. The molecule has 0 spiro atoms. The van der Waals surface area contributed by atoms with Gasteiger partial charge in [-0.15, -0.1) is 0 Å². The van der Waals surface area contributed by atoms with Crippen LogP contribution in [-0.4, -0.2) is 0 Å². The minimum absolute atomic E-state index is 0.832. The second-order valence-electron chi connectivity index (χ2n) is 5.07. The van der Waals surface area contributed by atoms with Gasteiger partial charge >= 0.3 is 0 Å². The molecule has 1 saturated carbocycles. The van der Waals surface area contributed by atoms with E-state index in [-0.39, 0.29) is 0 Å². The second kappa shape index (κ2) is 6.06. The van der Waals surface area contributed by atoms with Gasteiger partial charge in [0.2, 0.25) is 0 Å². The van der Waals surface area contributed by atoms with E-state index in [0.29, 0.717) is 0 Å². The summed E-state index contributed by atoms with van der Waals surface area (Å²) in [6, 6.07) is 0. The van der Waals surface area contributed by atoms with Gasteiger partial charge in [-0.3, -0.25) is 0 Å². The molecular formula is C14H24. The van der Waals surface area contributed by atoms with E-state index in [4.69, 9.17) is 0 Å². The lowest BCUT2D eigenvalue weighted by Crippen LogP contribution is -1.83. The van der Waals surface area contributed by atoms with Gasteiger partial charge in [0.1, 0.15) is 0 Å². The predicted molar refractivity (Wildman–Crippen MR) is 64.3 cm³/mol. The molecule has 1 unspecified atom stereocenters. The third-order valence-corrected chi connectivity index (χ3v) is 2.95. The second-order valence-corrected chi connectivity index (χ2v) is 5.07. The van der Waals surface area contributed by atoms with E-state index in [9.17, 15) is 0 Å². The maximum Gasteiger partial charge on any atom is -0.0291 e. The molecule has 1 atom stereocenters. The SMILES string of the molecule is CC(C)CCC=CC=C1CCC(C)C1.